The van der Waals surface area contributed by atoms with Crippen molar-refractivity contribution < 1.29 is 9.90 Å². The third kappa shape index (κ3) is 2.72. The maximum absolute atomic E-state index is 10.6. The van der Waals surface area contributed by atoms with Crippen molar-refractivity contribution in [1.29, 1.82) is 0 Å². The van der Waals surface area contributed by atoms with E-state index in [1.165, 1.54) is 0 Å². The SMILES string of the molecule is CC(C)(C)c1nnc2n1N=C(CCC(=O)O)CS2. The smallest absolute Gasteiger partial charge is 0.303 e. The summed E-state index contributed by atoms with van der Waals surface area (Å²) in [7, 11) is 0. The van der Waals surface area contributed by atoms with Crippen LogP contribution in [0.2, 0.25) is 0 Å². The van der Waals surface area contributed by atoms with Gasteiger partial charge in [-0.25, -0.2) is 0 Å². The molecule has 0 fully saturated rings. The molecule has 1 aromatic rings. The quantitative estimate of drug-likeness (QED) is 0.903. The lowest BCUT2D eigenvalue weighted by Gasteiger charge is -2.19. The molecule has 1 aliphatic rings. The molecule has 2 rings (SSSR count). The number of carboxylic acid groups (broad SMARTS) is 1. The van der Waals surface area contributed by atoms with Gasteiger partial charge in [0.25, 0.3) is 0 Å². The van der Waals surface area contributed by atoms with Gasteiger partial charge >= 0.3 is 5.97 Å². The van der Waals surface area contributed by atoms with Crippen LogP contribution in [0.5, 0.6) is 0 Å². The van der Waals surface area contributed by atoms with Crippen LogP contribution in [0, 0.1) is 0 Å². The molecular formula is C11H16N4O2S. The van der Waals surface area contributed by atoms with E-state index in [4.69, 9.17) is 5.11 Å². The van der Waals surface area contributed by atoms with E-state index in [9.17, 15) is 4.79 Å². The first-order valence-corrected chi connectivity index (χ1v) is 6.73. The van der Waals surface area contributed by atoms with Crippen LogP contribution in [0.3, 0.4) is 0 Å². The predicted molar refractivity (Wildman–Crippen MR) is 69.1 cm³/mol. The normalized spacial score (nSPS) is 15.2. The van der Waals surface area contributed by atoms with Crippen molar-refractivity contribution in [3.63, 3.8) is 0 Å². The van der Waals surface area contributed by atoms with E-state index in [2.05, 4.69) is 36.1 Å². The van der Waals surface area contributed by atoms with E-state index in [0.717, 1.165) is 16.7 Å². The third-order valence-corrected chi connectivity index (χ3v) is 3.51. The van der Waals surface area contributed by atoms with E-state index in [-0.39, 0.29) is 11.8 Å². The number of rotatable bonds is 3. The van der Waals surface area contributed by atoms with Gasteiger partial charge in [-0.2, -0.15) is 9.78 Å². The fraction of sp³-hybridized carbons (Fsp3) is 0.636. The van der Waals surface area contributed by atoms with Gasteiger partial charge < -0.3 is 5.11 Å². The number of hydrogen-bond donors (Lipinski definition) is 1. The Kier molecular flexibility index (Phi) is 3.43. The Morgan fingerprint density at radius 1 is 1.44 bits per heavy atom. The molecule has 2 heterocycles. The Bertz CT molecular complexity index is 502. The zero-order chi connectivity index (χ0) is 13.3. The second kappa shape index (κ2) is 4.72. The van der Waals surface area contributed by atoms with Gasteiger partial charge in [0.05, 0.1) is 6.42 Å². The van der Waals surface area contributed by atoms with Crippen LogP contribution in [0.4, 0.5) is 0 Å². The van der Waals surface area contributed by atoms with Crippen molar-refractivity contribution in [2.75, 3.05) is 5.75 Å². The van der Waals surface area contributed by atoms with Gasteiger partial charge in [0.15, 0.2) is 5.82 Å². The molecule has 1 aliphatic heterocycles. The van der Waals surface area contributed by atoms with Crippen molar-refractivity contribution in [3.8, 4) is 0 Å². The molecule has 0 bridgehead atoms. The lowest BCUT2D eigenvalue weighted by Crippen LogP contribution is -2.21. The number of carbonyl (C=O) groups is 1. The third-order valence-electron chi connectivity index (χ3n) is 2.52. The minimum Gasteiger partial charge on any atom is -0.481 e. The Labute approximate surface area is 109 Å². The molecule has 98 valence electrons. The van der Waals surface area contributed by atoms with Crippen molar-refractivity contribution >= 4 is 23.4 Å². The Morgan fingerprint density at radius 2 is 2.17 bits per heavy atom. The highest BCUT2D eigenvalue weighted by Gasteiger charge is 2.26. The van der Waals surface area contributed by atoms with E-state index in [1.807, 2.05) is 0 Å². The first-order chi connectivity index (χ1) is 8.38. The van der Waals surface area contributed by atoms with Crippen molar-refractivity contribution in [2.24, 2.45) is 5.10 Å². The van der Waals surface area contributed by atoms with Crippen molar-refractivity contribution in [3.05, 3.63) is 5.82 Å². The summed E-state index contributed by atoms with van der Waals surface area (Å²) in [5.74, 6) is 0.695. The predicted octanol–water partition coefficient (Wildman–Crippen LogP) is 1.75. The van der Waals surface area contributed by atoms with Crippen LogP contribution in [0.15, 0.2) is 10.3 Å². The first-order valence-electron chi connectivity index (χ1n) is 5.75. The second-order valence-corrected chi connectivity index (χ2v) is 6.16. The van der Waals surface area contributed by atoms with E-state index >= 15 is 0 Å². The molecule has 0 unspecified atom stereocenters. The summed E-state index contributed by atoms with van der Waals surface area (Å²) in [6.07, 6.45) is 0.589. The Balaban J connectivity index is 2.26. The number of aromatic nitrogens is 3. The summed E-state index contributed by atoms with van der Waals surface area (Å²) in [6.45, 7) is 6.15. The fourth-order valence-electron chi connectivity index (χ4n) is 1.60. The summed E-state index contributed by atoms with van der Waals surface area (Å²) in [5, 5.41) is 22.2. The highest BCUT2D eigenvalue weighted by atomic mass is 32.2. The van der Waals surface area contributed by atoms with Gasteiger partial charge in [-0.05, 0) is 6.42 Å². The van der Waals surface area contributed by atoms with Crippen LogP contribution in [0.25, 0.3) is 0 Å². The van der Waals surface area contributed by atoms with Gasteiger partial charge in [0.1, 0.15) is 0 Å². The average molecular weight is 268 g/mol. The Morgan fingerprint density at radius 3 is 2.78 bits per heavy atom. The number of aliphatic carboxylic acids is 1. The second-order valence-electron chi connectivity index (χ2n) is 5.22. The molecule has 0 aromatic carbocycles. The van der Waals surface area contributed by atoms with E-state index in [0.29, 0.717) is 12.2 Å². The molecular weight excluding hydrogens is 252 g/mol. The standard InChI is InChI=1S/C11H16N4O2S/c1-11(2,3)9-12-13-10-15(9)14-7(6-18-10)4-5-8(16)17/h4-6H2,1-3H3,(H,16,17). The first kappa shape index (κ1) is 13.1. The minimum absolute atomic E-state index is 0.113. The lowest BCUT2D eigenvalue weighted by molar-refractivity contribution is -0.136. The van der Waals surface area contributed by atoms with Crippen LogP contribution in [-0.2, 0) is 10.2 Å². The zero-order valence-corrected chi connectivity index (χ0v) is 11.5. The summed E-state index contributed by atoms with van der Waals surface area (Å²) >= 11 is 1.55. The van der Waals surface area contributed by atoms with Gasteiger partial charge in [-0.1, -0.05) is 32.5 Å². The molecule has 0 saturated carbocycles. The van der Waals surface area contributed by atoms with E-state index < -0.39 is 5.97 Å². The topological polar surface area (TPSA) is 80.4 Å². The number of hydrogen-bond acceptors (Lipinski definition) is 5. The summed E-state index contributed by atoms with van der Waals surface area (Å²) < 4.78 is 1.74. The monoisotopic (exact) mass is 268 g/mol. The number of fused-ring (bicyclic) bond motifs is 1. The molecule has 0 atom stereocenters. The average Bonchev–Trinajstić information content (AvgIpc) is 2.68. The number of nitrogens with zero attached hydrogens (tertiary/aromatic N) is 4. The molecule has 0 saturated heterocycles. The van der Waals surface area contributed by atoms with Crippen molar-refractivity contribution in [2.45, 2.75) is 44.2 Å². The molecule has 0 amide bonds. The molecule has 18 heavy (non-hydrogen) atoms. The van der Waals surface area contributed by atoms with Crippen LogP contribution in [-0.4, -0.2) is 37.4 Å². The largest absolute Gasteiger partial charge is 0.481 e. The van der Waals surface area contributed by atoms with Crippen LogP contribution in [0.1, 0.15) is 39.4 Å². The molecule has 0 radical (unpaired) electrons. The van der Waals surface area contributed by atoms with Gasteiger partial charge in [0, 0.05) is 16.9 Å². The van der Waals surface area contributed by atoms with Crippen molar-refractivity contribution in [1.82, 2.24) is 14.9 Å². The van der Waals surface area contributed by atoms with Gasteiger partial charge in [-0.15, -0.1) is 10.2 Å². The maximum atomic E-state index is 10.6. The highest BCUT2D eigenvalue weighted by molar-refractivity contribution is 7.99. The molecule has 6 nitrogen and oxygen atoms in total. The summed E-state index contributed by atoms with van der Waals surface area (Å²) in [4.78, 5) is 10.6. The van der Waals surface area contributed by atoms with Crippen LogP contribution < -0.4 is 0 Å². The molecule has 7 heteroatoms. The van der Waals surface area contributed by atoms with Gasteiger partial charge in [-0.3, -0.25) is 4.79 Å². The minimum atomic E-state index is -0.798. The highest BCUT2D eigenvalue weighted by Crippen LogP contribution is 2.28. The number of thioether (sulfide) groups is 1. The van der Waals surface area contributed by atoms with Gasteiger partial charge in [0.2, 0.25) is 5.16 Å². The van der Waals surface area contributed by atoms with Crippen LogP contribution >= 0.6 is 11.8 Å². The Hall–Kier alpha value is -1.37. The molecule has 1 aromatic heterocycles. The fourth-order valence-corrected chi connectivity index (χ4v) is 2.45. The summed E-state index contributed by atoms with van der Waals surface area (Å²) in [5.41, 5.74) is 0.741. The molecule has 0 aliphatic carbocycles. The summed E-state index contributed by atoms with van der Waals surface area (Å²) in [6, 6.07) is 0. The van der Waals surface area contributed by atoms with E-state index in [1.54, 1.807) is 16.4 Å². The molecule has 0 spiro atoms. The lowest BCUT2D eigenvalue weighted by atomic mass is 9.96. The molecule has 1 N–H and O–H groups in total. The maximum Gasteiger partial charge on any atom is 0.303 e. The number of carboxylic acids is 1. The zero-order valence-electron chi connectivity index (χ0n) is 10.7.